The summed E-state index contributed by atoms with van der Waals surface area (Å²) in [6, 6.07) is 13.4. The molecule has 0 radical (unpaired) electrons. The lowest BCUT2D eigenvalue weighted by Crippen LogP contribution is -2.30. The summed E-state index contributed by atoms with van der Waals surface area (Å²) in [5.74, 6) is 0.495. The summed E-state index contributed by atoms with van der Waals surface area (Å²) in [6.07, 6.45) is 10.5. The standard InChI is InChI=1S/C24H31NO/c26-24-18-22-12-10-19-6-8-20(9-7-19)11-13-23(24)17-21(22)5-4-16-25-14-2-1-3-15-25/h6-9,17-18,26H,1-5,10-16H2. The van der Waals surface area contributed by atoms with Gasteiger partial charge in [-0.2, -0.15) is 0 Å². The maximum Gasteiger partial charge on any atom is 0.119 e. The quantitative estimate of drug-likeness (QED) is 0.865. The molecule has 4 bridgehead atoms. The van der Waals surface area contributed by atoms with E-state index in [2.05, 4.69) is 41.3 Å². The lowest BCUT2D eigenvalue weighted by atomic mass is 9.91. The average molecular weight is 350 g/mol. The number of rotatable bonds is 4. The van der Waals surface area contributed by atoms with Crippen LogP contribution in [-0.4, -0.2) is 29.6 Å². The van der Waals surface area contributed by atoms with Crippen LogP contribution in [0.3, 0.4) is 0 Å². The Morgan fingerprint density at radius 3 is 2.12 bits per heavy atom. The highest BCUT2D eigenvalue weighted by Crippen LogP contribution is 2.27. The summed E-state index contributed by atoms with van der Waals surface area (Å²) in [4.78, 5) is 2.63. The van der Waals surface area contributed by atoms with E-state index in [1.165, 1.54) is 67.6 Å². The fourth-order valence-electron chi connectivity index (χ4n) is 4.50. The van der Waals surface area contributed by atoms with Crippen molar-refractivity contribution in [3.05, 3.63) is 64.2 Å². The molecule has 5 aliphatic rings. The normalized spacial score (nSPS) is 17.8. The van der Waals surface area contributed by atoms with Gasteiger partial charge in [-0.15, -0.1) is 0 Å². The van der Waals surface area contributed by atoms with Gasteiger partial charge in [-0.3, -0.25) is 0 Å². The molecular formula is C24H31NO. The van der Waals surface area contributed by atoms with Crippen LogP contribution in [0.25, 0.3) is 0 Å². The van der Waals surface area contributed by atoms with Crippen molar-refractivity contribution in [1.29, 1.82) is 0 Å². The van der Waals surface area contributed by atoms with Crippen LogP contribution in [0.15, 0.2) is 36.4 Å². The van der Waals surface area contributed by atoms with Crippen molar-refractivity contribution in [1.82, 2.24) is 4.90 Å². The smallest absolute Gasteiger partial charge is 0.119 e. The van der Waals surface area contributed by atoms with Gasteiger partial charge in [0.25, 0.3) is 0 Å². The van der Waals surface area contributed by atoms with E-state index in [1.54, 1.807) is 0 Å². The molecule has 1 aliphatic heterocycles. The van der Waals surface area contributed by atoms with E-state index < -0.39 is 0 Å². The maximum absolute atomic E-state index is 10.5. The number of hydrogen-bond acceptors (Lipinski definition) is 2. The third-order valence-electron chi connectivity index (χ3n) is 6.16. The summed E-state index contributed by atoms with van der Waals surface area (Å²) in [5.41, 5.74) is 6.69. The highest BCUT2D eigenvalue weighted by atomic mass is 16.3. The van der Waals surface area contributed by atoms with Gasteiger partial charge in [0.2, 0.25) is 0 Å². The molecule has 0 amide bonds. The molecule has 138 valence electrons. The number of phenolic OH excluding ortho intramolecular Hbond substituents is 1. The maximum atomic E-state index is 10.5. The predicted octanol–water partition coefficient (Wildman–Crippen LogP) is 4.69. The average Bonchev–Trinajstić information content (AvgIpc) is 2.67. The van der Waals surface area contributed by atoms with Gasteiger partial charge in [-0.25, -0.2) is 0 Å². The van der Waals surface area contributed by atoms with Crippen molar-refractivity contribution >= 4 is 0 Å². The highest BCUT2D eigenvalue weighted by molar-refractivity contribution is 5.43. The zero-order valence-electron chi connectivity index (χ0n) is 15.8. The van der Waals surface area contributed by atoms with Gasteiger partial charge in [0.15, 0.2) is 0 Å². The molecule has 0 spiro atoms. The number of aryl methyl sites for hydroxylation is 5. The second kappa shape index (κ2) is 8.26. The van der Waals surface area contributed by atoms with Crippen molar-refractivity contribution in [3.63, 3.8) is 0 Å². The Kier molecular flexibility index (Phi) is 5.59. The zero-order chi connectivity index (χ0) is 17.8. The first-order valence-electron chi connectivity index (χ1n) is 10.4. The molecule has 2 aromatic rings. The zero-order valence-corrected chi connectivity index (χ0v) is 15.8. The first-order chi connectivity index (χ1) is 12.8. The van der Waals surface area contributed by atoms with Crippen LogP contribution in [0.2, 0.25) is 0 Å². The summed E-state index contributed by atoms with van der Waals surface area (Å²) < 4.78 is 0. The lowest BCUT2D eigenvalue weighted by molar-refractivity contribution is 0.226. The third-order valence-corrected chi connectivity index (χ3v) is 6.16. The van der Waals surface area contributed by atoms with Crippen LogP contribution in [0.1, 0.15) is 53.5 Å². The molecule has 26 heavy (non-hydrogen) atoms. The third kappa shape index (κ3) is 4.29. The van der Waals surface area contributed by atoms with Gasteiger partial charge in [-0.1, -0.05) is 36.8 Å². The molecule has 1 N–H and O–H groups in total. The highest BCUT2D eigenvalue weighted by Gasteiger charge is 2.13. The Morgan fingerprint density at radius 2 is 1.42 bits per heavy atom. The predicted molar refractivity (Wildman–Crippen MR) is 108 cm³/mol. The van der Waals surface area contributed by atoms with Crippen LogP contribution in [0.5, 0.6) is 5.75 Å². The molecule has 4 aliphatic carbocycles. The van der Waals surface area contributed by atoms with Crippen molar-refractivity contribution in [2.75, 3.05) is 19.6 Å². The van der Waals surface area contributed by atoms with Crippen molar-refractivity contribution in [2.45, 2.75) is 57.8 Å². The van der Waals surface area contributed by atoms with Crippen LogP contribution in [-0.2, 0) is 32.1 Å². The molecule has 0 unspecified atom stereocenters. The van der Waals surface area contributed by atoms with Crippen LogP contribution >= 0.6 is 0 Å². The second-order valence-electron chi connectivity index (χ2n) is 8.07. The van der Waals surface area contributed by atoms with E-state index in [1.807, 2.05) is 0 Å². The van der Waals surface area contributed by atoms with Crippen LogP contribution in [0.4, 0.5) is 0 Å². The minimum absolute atomic E-state index is 0.495. The Hall–Kier alpha value is -1.80. The fraction of sp³-hybridized carbons (Fsp3) is 0.500. The van der Waals surface area contributed by atoms with Crippen molar-refractivity contribution in [3.8, 4) is 5.75 Å². The molecule has 0 saturated carbocycles. The van der Waals surface area contributed by atoms with E-state index in [4.69, 9.17) is 0 Å². The van der Waals surface area contributed by atoms with Crippen LogP contribution < -0.4 is 0 Å². The van der Waals surface area contributed by atoms with E-state index >= 15 is 0 Å². The van der Waals surface area contributed by atoms with Gasteiger partial charge in [0, 0.05) is 0 Å². The molecular weight excluding hydrogens is 318 g/mol. The minimum atomic E-state index is 0.495. The van der Waals surface area contributed by atoms with Crippen molar-refractivity contribution < 1.29 is 5.11 Å². The molecule has 7 rings (SSSR count). The van der Waals surface area contributed by atoms with E-state index in [0.29, 0.717) is 5.75 Å². The number of hydrogen-bond donors (Lipinski definition) is 1. The molecule has 0 atom stereocenters. The number of likely N-dealkylation sites (tertiary alicyclic amines) is 1. The molecule has 2 heteroatoms. The fourth-order valence-corrected chi connectivity index (χ4v) is 4.50. The summed E-state index contributed by atoms with van der Waals surface area (Å²) in [6.45, 7) is 3.78. The second-order valence-corrected chi connectivity index (χ2v) is 8.07. The molecule has 1 saturated heterocycles. The van der Waals surface area contributed by atoms with Crippen LogP contribution in [0, 0.1) is 0 Å². The van der Waals surface area contributed by atoms with Gasteiger partial charge in [0.1, 0.15) is 5.75 Å². The summed E-state index contributed by atoms with van der Waals surface area (Å²) in [7, 11) is 0. The van der Waals surface area contributed by atoms with Gasteiger partial charge in [0.05, 0.1) is 0 Å². The Morgan fingerprint density at radius 1 is 0.769 bits per heavy atom. The molecule has 2 aromatic carbocycles. The van der Waals surface area contributed by atoms with E-state index in [0.717, 1.165) is 37.7 Å². The molecule has 1 fully saturated rings. The number of piperidine rings is 1. The largest absolute Gasteiger partial charge is 0.508 e. The number of nitrogens with zero attached hydrogens (tertiary/aromatic N) is 1. The first-order valence-corrected chi connectivity index (χ1v) is 10.4. The Balaban J connectivity index is 1.49. The minimum Gasteiger partial charge on any atom is -0.508 e. The lowest BCUT2D eigenvalue weighted by Gasteiger charge is -2.26. The Bertz CT molecular complexity index is 729. The molecule has 2 nitrogen and oxygen atoms in total. The van der Waals surface area contributed by atoms with E-state index in [9.17, 15) is 5.11 Å². The number of phenols is 1. The summed E-state index contributed by atoms with van der Waals surface area (Å²) in [5, 5.41) is 10.5. The number of aromatic hydroxyl groups is 1. The van der Waals surface area contributed by atoms with Gasteiger partial charge < -0.3 is 10.0 Å². The number of benzene rings is 2. The van der Waals surface area contributed by atoms with Gasteiger partial charge in [-0.05, 0) is 105 Å². The Labute approximate surface area is 157 Å². The first kappa shape index (κ1) is 17.6. The van der Waals surface area contributed by atoms with E-state index in [-0.39, 0.29) is 0 Å². The summed E-state index contributed by atoms with van der Waals surface area (Å²) >= 11 is 0. The van der Waals surface area contributed by atoms with Gasteiger partial charge >= 0.3 is 0 Å². The molecule has 0 aromatic heterocycles. The molecule has 1 heterocycles. The monoisotopic (exact) mass is 349 g/mol. The van der Waals surface area contributed by atoms with Crippen molar-refractivity contribution in [2.24, 2.45) is 0 Å². The topological polar surface area (TPSA) is 23.5 Å². The SMILES string of the molecule is Oc1cc2c(CCCN3CCCCC3)cc1CCc1ccc(cc1)CC2.